The molecule has 39 heavy (non-hydrogen) atoms. The van der Waals surface area contributed by atoms with Gasteiger partial charge >= 0.3 is 0 Å². The van der Waals surface area contributed by atoms with Crippen LogP contribution in [0.15, 0.2) is 65.7 Å². The van der Waals surface area contributed by atoms with Crippen LogP contribution in [0.5, 0.6) is 23.0 Å². The van der Waals surface area contributed by atoms with Crippen molar-refractivity contribution in [3.63, 3.8) is 0 Å². The highest BCUT2D eigenvalue weighted by Gasteiger charge is 2.34. The van der Waals surface area contributed by atoms with Crippen LogP contribution in [0.4, 0.5) is 4.39 Å². The minimum Gasteiger partial charge on any atom is -0.457 e. The maximum absolute atomic E-state index is 13.2. The number of piperidine rings is 1. The van der Waals surface area contributed by atoms with E-state index in [1.165, 1.54) is 30.5 Å². The zero-order valence-corrected chi connectivity index (χ0v) is 23.1. The van der Waals surface area contributed by atoms with Crippen molar-refractivity contribution in [3.05, 3.63) is 72.3 Å². The zero-order valence-electron chi connectivity index (χ0n) is 22.3. The highest BCUT2D eigenvalue weighted by molar-refractivity contribution is 7.90. The molecule has 2 aromatic carbocycles. The lowest BCUT2D eigenvalue weighted by molar-refractivity contribution is -0.135. The third-order valence-corrected chi connectivity index (χ3v) is 7.68. The Bertz CT molecular complexity index is 1400. The molecule has 1 N–H and O–H groups in total. The summed E-state index contributed by atoms with van der Waals surface area (Å²) in [5.41, 5.74) is -0.103. The highest BCUT2D eigenvalue weighted by atomic mass is 32.2. The molecule has 1 aromatic heterocycles. The van der Waals surface area contributed by atoms with Gasteiger partial charge in [-0.2, -0.15) is 4.39 Å². The molecular weight excluding hydrogens is 523 g/mol. The van der Waals surface area contributed by atoms with E-state index in [1.54, 1.807) is 35.2 Å². The number of hydrogen-bond donors (Lipinski definition) is 1. The van der Waals surface area contributed by atoms with Gasteiger partial charge in [0.05, 0.1) is 23.1 Å². The van der Waals surface area contributed by atoms with Crippen LogP contribution in [0.1, 0.15) is 38.7 Å². The van der Waals surface area contributed by atoms with Crippen molar-refractivity contribution in [1.82, 2.24) is 9.88 Å². The van der Waals surface area contributed by atoms with E-state index >= 15 is 0 Å². The first-order valence-corrected chi connectivity index (χ1v) is 14.7. The number of hydrogen-bond acceptors (Lipinski definition) is 7. The summed E-state index contributed by atoms with van der Waals surface area (Å²) in [6.45, 7) is 5.11. The Balaban J connectivity index is 1.53. The third kappa shape index (κ3) is 8.00. The number of ether oxygens (including phenoxy) is 2. The van der Waals surface area contributed by atoms with E-state index in [4.69, 9.17) is 9.47 Å². The van der Waals surface area contributed by atoms with E-state index in [0.29, 0.717) is 66.8 Å². The molecule has 1 aliphatic heterocycles. The van der Waals surface area contributed by atoms with Gasteiger partial charge in [-0.1, -0.05) is 13.8 Å². The van der Waals surface area contributed by atoms with Crippen molar-refractivity contribution in [2.24, 2.45) is 5.92 Å². The number of nitrogens with zero attached hydrogens (tertiary/aromatic N) is 2. The summed E-state index contributed by atoms with van der Waals surface area (Å²) in [4.78, 5) is 18.7. The van der Waals surface area contributed by atoms with Crippen LogP contribution in [0, 0.1) is 11.9 Å². The molecule has 2 heterocycles. The molecule has 1 amide bonds. The van der Waals surface area contributed by atoms with Crippen LogP contribution in [0.25, 0.3) is 0 Å². The molecule has 0 atom stereocenters. The predicted octanol–water partition coefficient (Wildman–Crippen LogP) is 5.15. The number of likely N-dealkylation sites (tertiary alicyclic amines) is 1. The standard InChI is InChI=1S/C29H33FN2O6S/c1-20(2)18-29(34)10-12-32(13-11-29)28(33)16-21-14-24(37-22-4-7-26(8-5-22)39(3,35)36)17-25(15-21)38-23-6-9-27(30)31-19-23/h4-9,14-15,17,19-20,34H,10-13,16,18H2,1-3H3. The Morgan fingerprint density at radius 2 is 1.59 bits per heavy atom. The summed E-state index contributed by atoms with van der Waals surface area (Å²) in [6.07, 6.45) is 4.25. The van der Waals surface area contributed by atoms with E-state index in [9.17, 15) is 22.7 Å². The molecule has 0 spiro atoms. The summed E-state index contributed by atoms with van der Waals surface area (Å²) < 4.78 is 48.6. The van der Waals surface area contributed by atoms with Gasteiger partial charge in [0.1, 0.15) is 23.0 Å². The number of carbonyl (C=O) groups excluding carboxylic acids is 1. The fourth-order valence-corrected chi connectivity index (χ4v) is 5.35. The molecule has 3 aromatic rings. The molecule has 0 unspecified atom stereocenters. The Labute approximate surface area is 228 Å². The van der Waals surface area contributed by atoms with Crippen LogP contribution < -0.4 is 9.47 Å². The lowest BCUT2D eigenvalue weighted by atomic mass is 9.84. The van der Waals surface area contributed by atoms with Gasteiger partial charge in [0.2, 0.25) is 11.9 Å². The number of carbonyl (C=O) groups is 1. The lowest BCUT2D eigenvalue weighted by Gasteiger charge is -2.39. The maximum atomic E-state index is 13.2. The average molecular weight is 557 g/mol. The minimum absolute atomic E-state index is 0.0781. The third-order valence-electron chi connectivity index (χ3n) is 6.55. The Morgan fingerprint density at radius 1 is 1.00 bits per heavy atom. The van der Waals surface area contributed by atoms with E-state index in [2.05, 4.69) is 18.8 Å². The van der Waals surface area contributed by atoms with E-state index in [-0.39, 0.29) is 17.2 Å². The van der Waals surface area contributed by atoms with Crippen molar-refractivity contribution in [1.29, 1.82) is 0 Å². The number of aliphatic hydroxyl groups is 1. The molecule has 8 nitrogen and oxygen atoms in total. The molecular formula is C29H33FN2O6S. The zero-order chi connectivity index (χ0) is 28.2. The van der Waals surface area contributed by atoms with Crippen molar-refractivity contribution in [3.8, 4) is 23.0 Å². The van der Waals surface area contributed by atoms with Gasteiger partial charge in [-0.25, -0.2) is 13.4 Å². The molecule has 1 fully saturated rings. The second kappa shape index (κ2) is 11.7. The molecule has 4 rings (SSSR count). The summed E-state index contributed by atoms with van der Waals surface area (Å²) in [5, 5.41) is 10.8. The molecule has 1 aliphatic rings. The lowest BCUT2D eigenvalue weighted by Crippen LogP contribution is -2.47. The van der Waals surface area contributed by atoms with E-state index < -0.39 is 21.4 Å². The normalized spacial score (nSPS) is 15.3. The maximum Gasteiger partial charge on any atom is 0.226 e. The molecule has 0 saturated carbocycles. The van der Waals surface area contributed by atoms with Gasteiger partial charge < -0.3 is 19.5 Å². The Morgan fingerprint density at radius 3 is 2.13 bits per heavy atom. The number of halogens is 1. The summed E-state index contributed by atoms with van der Waals surface area (Å²) >= 11 is 0. The topological polar surface area (TPSA) is 106 Å². The molecule has 10 heteroatoms. The van der Waals surface area contributed by atoms with E-state index in [0.717, 1.165) is 6.26 Å². The first kappa shape index (κ1) is 28.5. The highest BCUT2D eigenvalue weighted by Crippen LogP contribution is 2.32. The first-order valence-electron chi connectivity index (χ1n) is 12.8. The quantitative estimate of drug-likeness (QED) is 0.363. The molecule has 1 saturated heterocycles. The second-order valence-electron chi connectivity index (χ2n) is 10.5. The summed E-state index contributed by atoms with van der Waals surface area (Å²) in [7, 11) is -3.35. The predicted molar refractivity (Wildman–Crippen MR) is 144 cm³/mol. The first-order chi connectivity index (χ1) is 18.4. The van der Waals surface area contributed by atoms with Crippen LogP contribution in [0.3, 0.4) is 0 Å². The number of pyridine rings is 1. The number of amides is 1. The van der Waals surface area contributed by atoms with Gasteiger partial charge in [0, 0.05) is 25.4 Å². The Hall–Kier alpha value is -3.50. The number of rotatable bonds is 9. The second-order valence-corrected chi connectivity index (χ2v) is 12.5. The van der Waals surface area contributed by atoms with E-state index in [1.807, 2.05) is 0 Å². The Kier molecular flexibility index (Phi) is 8.56. The van der Waals surface area contributed by atoms with Crippen LogP contribution in [-0.2, 0) is 21.1 Å². The van der Waals surface area contributed by atoms with Crippen molar-refractivity contribution < 1.29 is 32.2 Å². The van der Waals surface area contributed by atoms with Gasteiger partial charge in [-0.05, 0) is 79.3 Å². The van der Waals surface area contributed by atoms with Gasteiger partial charge in [0.15, 0.2) is 9.84 Å². The number of benzene rings is 2. The molecule has 0 aliphatic carbocycles. The SMILES string of the molecule is CC(C)CC1(O)CCN(C(=O)Cc2cc(Oc3ccc(S(C)(=O)=O)cc3)cc(Oc3ccc(F)nc3)c2)CC1. The van der Waals surface area contributed by atoms with Gasteiger partial charge in [0.25, 0.3) is 0 Å². The number of sulfone groups is 1. The molecule has 0 bridgehead atoms. The van der Waals surface area contributed by atoms with Crippen molar-refractivity contribution in [2.45, 2.75) is 50.0 Å². The summed E-state index contributed by atoms with van der Waals surface area (Å²) in [5.74, 6) is 1.11. The smallest absolute Gasteiger partial charge is 0.226 e. The number of aromatic nitrogens is 1. The van der Waals surface area contributed by atoms with Crippen LogP contribution in [-0.4, -0.2) is 54.3 Å². The fourth-order valence-electron chi connectivity index (χ4n) is 4.72. The molecule has 0 radical (unpaired) electrons. The molecule has 208 valence electrons. The largest absolute Gasteiger partial charge is 0.457 e. The van der Waals surface area contributed by atoms with Gasteiger partial charge in [-0.15, -0.1) is 0 Å². The monoisotopic (exact) mass is 556 g/mol. The van der Waals surface area contributed by atoms with Crippen molar-refractivity contribution >= 4 is 15.7 Å². The van der Waals surface area contributed by atoms with Crippen LogP contribution in [0.2, 0.25) is 0 Å². The van der Waals surface area contributed by atoms with Gasteiger partial charge in [-0.3, -0.25) is 4.79 Å². The van der Waals surface area contributed by atoms with Crippen molar-refractivity contribution in [2.75, 3.05) is 19.3 Å². The average Bonchev–Trinajstić information content (AvgIpc) is 2.85. The fraction of sp³-hybridized carbons (Fsp3) is 0.379. The summed E-state index contributed by atoms with van der Waals surface area (Å²) in [6, 6.07) is 13.7. The minimum atomic E-state index is -3.35. The van der Waals surface area contributed by atoms with Crippen LogP contribution >= 0.6 is 0 Å².